The van der Waals surface area contributed by atoms with E-state index in [1.807, 2.05) is 18.2 Å². The number of hydrogen-bond acceptors (Lipinski definition) is 2. The number of fused-ring (bicyclic) bond motifs is 3. The summed E-state index contributed by atoms with van der Waals surface area (Å²) < 4.78 is 5.79. The minimum absolute atomic E-state index is 0.00208. The minimum Gasteiger partial charge on any atom is -0.488 e. The molecule has 0 saturated carbocycles. The minimum atomic E-state index is -0.849. The van der Waals surface area contributed by atoms with Crippen LogP contribution in [0.4, 0.5) is 4.79 Å². The van der Waals surface area contributed by atoms with Crippen LogP contribution in [-0.2, 0) is 0 Å². The summed E-state index contributed by atoms with van der Waals surface area (Å²) in [7, 11) is 0. The fourth-order valence-electron chi connectivity index (χ4n) is 2.62. The molecular formula is C12H13NO3. The maximum absolute atomic E-state index is 10.9. The molecule has 1 saturated heterocycles. The summed E-state index contributed by atoms with van der Waals surface area (Å²) in [6.07, 6.45) is 0.00815. The summed E-state index contributed by atoms with van der Waals surface area (Å²) in [5, 5.41) is 8.95. The average molecular weight is 219 g/mol. The Hall–Kier alpha value is -1.71. The Morgan fingerprint density at radius 3 is 3.06 bits per heavy atom. The smallest absolute Gasteiger partial charge is 0.407 e. The zero-order chi connectivity index (χ0) is 11.1. The Balaban J connectivity index is 1.85. The van der Waals surface area contributed by atoms with Crippen LogP contribution in [0.1, 0.15) is 17.9 Å². The molecule has 1 aromatic rings. The van der Waals surface area contributed by atoms with Crippen LogP contribution in [0.2, 0.25) is 0 Å². The second kappa shape index (κ2) is 3.40. The predicted molar refractivity (Wildman–Crippen MR) is 57.8 cm³/mol. The molecule has 0 aromatic heterocycles. The molecule has 1 fully saturated rings. The van der Waals surface area contributed by atoms with Crippen molar-refractivity contribution in [3.63, 3.8) is 0 Å². The van der Waals surface area contributed by atoms with Crippen LogP contribution in [0.5, 0.6) is 5.75 Å². The molecule has 3 rings (SSSR count). The topological polar surface area (TPSA) is 49.8 Å². The molecule has 1 N–H and O–H groups in total. The van der Waals surface area contributed by atoms with Gasteiger partial charge in [0, 0.05) is 18.0 Å². The lowest BCUT2D eigenvalue weighted by molar-refractivity contribution is 0.0813. The van der Waals surface area contributed by atoms with Crippen molar-refractivity contribution in [2.24, 2.45) is 0 Å². The van der Waals surface area contributed by atoms with Gasteiger partial charge >= 0.3 is 6.09 Å². The maximum atomic E-state index is 10.9. The first-order valence-corrected chi connectivity index (χ1v) is 5.49. The van der Waals surface area contributed by atoms with Gasteiger partial charge in [0.05, 0.1) is 6.54 Å². The molecule has 0 aliphatic carbocycles. The summed E-state index contributed by atoms with van der Waals surface area (Å²) in [4.78, 5) is 12.3. The van der Waals surface area contributed by atoms with E-state index < -0.39 is 6.09 Å². The van der Waals surface area contributed by atoms with Gasteiger partial charge in [0.2, 0.25) is 0 Å². The highest BCUT2D eigenvalue weighted by molar-refractivity contribution is 5.65. The highest BCUT2D eigenvalue weighted by Crippen LogP contribution is 2.42. The molecule has 2 atom stereocenters. The summed E-state index contributed by atoms with van der Waals surface area (Å²) >= 11 is 0. The highest BCUT2D eigenvalue weighted by Gasteiger charge is 2.39. The van der Waals surface area contributed by atoms with E-state index in [1.165, 1.54) is 10.5 Å². The third kappa shape index (κ3) is 1.33. The molecular weight excluding hydrogens is 206 g/mol. The lowest BCUT2D eigenvalue weighted by Gasteiger charge is -2.32. The molecule has 0 radical (unpaired) electrons. The van der Waals surface area contributed by atoms with Gasteiger partial charge in [-0.3, -0.25) is 0 Å². The summed E-state index contributed by atoms with van der Waals surface area (Å²) in [6.45, 7) is 1.09. The second-order valence-electron chi connectivity index (χ2n) is 4.32. The van der Waals surface area contributed by atoms with Crippen LogP contribution in [0, 0.1) is 0 Å². The standard InChI is InChI=1S/C12H13NO3/c14-12(15)13-6-5-9-8-3-1-2-4-10(8)16-11(9)7-13/h1-4,9,11H,5-7H2,(H,14,15). The van der Waals surface area contributed by atoms with E-state index in [0.717, 1.165) is 12.2 Å². The van der Waals surface area contributed by atoms with Crippen molar-refractivity contribution in [2.75, 3.05) is 13.1 Å². The Kier molecular flexibility index (Phi) is 2.02. The SMILES string of the molecule is O=C(O)N1CCC2c3ccccc3OC2C1. The number of hydrogen-bond donors (Lipinski definition) is 1. The second-order valence-corrected chi connectivity index (χ2v) is 4.32. The quantitative estimate of drug-likeness (QED) is 0.725. The first-order chi connectivity index (χ1) is 7.75. The van der Waals surface area contributed by atoms with Gasteiger partial charge in [0.1, 0.15) is 11.9 Å². The number of amides is 1. The van der Waals surface area contributed by atoms with E-state index in [1.54, 1.807) is 0 Å². The first kappa shape index (κ1) is 9.51. The zero-order valence-electron chi connectivity index (χ0n) is 8.80. The Morgan fingerprint density at radius 1 is 1.44 bits per heavy atom. The fourth-order valence-corrected chi connectivity index (χ4v) is 2.62. The van der Waals surface area contributed by atoms with Crippen molar-refractivity contribution in [1.29, 1.82) is 0 Å². The van der Waals surface area contributed by atoms with Gasteiger partial charge in [0.25, 0.3) is 0 Å². The Bertz CT molecular complexity index is 432. The lowest BCUT2D eigenvalue weighted by Crippen LogP contribution is -2.45. The highest BCUT2D eigenvalue weighted by atomic mass is 16.5. The van der Waals surface area contributed by atoms with Gasteiger partial charge in [-0.2, -0.15) is 0 Å². The average Bonchev–Trinajstić information content (AvgIpc) is 2.66. The van der Waals surface area contributed by atoms with Crippen LogP contribution in [0.25, 0.3) is 0 Å². The van der Waals surface area contributed by atoms with Crippen molar-refractivity contribution in [2.45, 2.75) is 18.4 Å². The van der Waals surface area contributed by atoms with Crippen LogP contribution >= 0.6 is 0 Å². The van der Waals surface area contributed by atoms with Crippen LogP contribution in [-0.4, -0.2) is 35.3 Å². The van der Waals surface area contributed by atoms with Gasteiger partial charge in [-0.05, 0) is 12.5 Å². The number of rotatable bonds is 0. The summed E-state index contributed by atoms with van der Waals surface area (Å²) in [5.74, 6) is 1.29. The Labute approximate surface area is 93.4 Å². The number of nitrogens with zero attached hydrogens (tertiary/aromatic N) is 1. The Morgan fingerprint density at radius 2 is 2.25 bits per heavy atom. The van der Waals surface area contributed by atoms with Crippen LogP contribution in [0.3, 0.4) is 0 Å². The van der Waals surface area contributed by atoms with E-state index in [2.05, 4.69) is 6.07 Å². The van der Waals surface area contributed by atoms with E-state index >= 15 is 0 Å². The number of carboxylic acid groups (broad SMARTS) is 1. The molecule has 1 aromatic carbocycles. The molecule has 2 aliphatic heterocycles. The molecule has 4 heteroatoms. The third-order valence-corrected chi connectivity index (χ3v) is 3.43. The molecule has 2 unspecified atom stereocenters. The van der Waals surface area contributed by atoms with Crippen molar-refractivity contribution in [3.8, 4) is 5.75 Å². The van der Waals surface area contributed by atoms with Gasteiger partial charge in [-0.25, -0.2) is 4.79 Å². The molecule has 4 nitrogen and oxygen atoms in total. The molecule has 0 spiro atoms. The number of likely N-dealkylation sites (tertiary alicyclic amines) is 1. The van der Waals surface area contributed by atoms with Gasteiger partial charge in [-0.1, -0.05) is 18.2 Å². The van der Waals surface area contributed by atoms with E-state index in [-0.39, 0.29) is 6.10 Å². The number of carbonyl (C=O) groups is 1. The molecule has 84 valence electrons. The van der Waals surface area contributed by atoms with Crippen molar-refractivity contribution >= 4 is 6.09 Å². The number of para-hydroxylation sites is 1. The van der Waals surface area contributed by atoms with Gasteiger partial charge < -0.3 is 14.7 Å². The van der Waals surface area contributed by atoms with Crippen molar-refractivity contribution in [3.05, 3.63) is 29.8 Å². The lowest BCUT2D eigenvalue weighted by atomic mass is 9.89. The normalized spacial score (nSPS) is 26.9. The van der Waals surface area contributed by atoms with Crippen molar-refractivity contribution < 1.29 is 14.6 Å². The molecule has 2 heterocycles. The van der Waals surface area contributed by atoms with Gasteiger partial charge in [-0.15, -0.1) is 0 Å². The maximum Gasteiger partial charge on any atom is 0.407 e. The summed E-state index contributed by atoms with van der Waals surface area (Å²) in [6, 6.07) is 7.99. The third-order valence-electron chi connectivity index (χ3n) is 3.43. The monoisotopic (exact) mass is 219 g/mol. The van der Waals surface area contributed by atoms with E-state index in [9.17, 15) is 4.79 Å². The number of ether oxygens (including phenoxy) is 1. The molecule has 2 aliphatic rings. The van der Waals surface area contributed by atoms with Crippen LogP contribution in [0.15, 0.2) is 24.3 Å². The number of piperidine rings is 1. The predicted octanol–water partition coefficient (Wildman–Crippen LogP) is 1.91. The first-order valence-electron chi connectivity index (χ1n) is 5.49. The molecule has 16 heavy (non-hydrogen) atoms. The van der Waals surface area contributed by atoms with E-state index in [4.69, 9.17) is 9.84 Å². The molecule has 1 amide bonds. The fraction of sp³-hybridized carbons (Fsp3) is 0.417. The van der Waals surface area contributed by atoms with Gasteiger partial charge in [0.15, 0.2) is 0 Å². The zero-order valence-corrected chi connectivity index (χ0v) is 8.80. The summed E-state index contributed by atoms with van der Waals surface area (Å²) in [5.41, 5.74) is 1.23. The van der Waals surface area contributed by atoms with Crippen molar-refractivity contribution in [1.82, 2.24) is 4.90 Å². The largest absolute Gasteiger partial charge is 0.488 e. The van der Waals surface area contributed by atoms with Crippen LogP contribution < -0.4 is 4.74 Å². The number of benzene rings is 1. The van der Waals surface area contributed by atoms with E-state index in [0.29, 0.717) is 19.0 Å². The molecule has 0 bridgehead atoms.